The van der Waals surface area contributed by atoms with E-state index in [1.165, 1.54) is 0 Å². The van der Waals surface area contributed by atoms with Crippen molar-refractivity contribution in [1.29, 1.82) is 0 Å². The standard InChI is InChI=1S/C18H21N3O5S/c1-3-14-6-4-5-13(2)18(14)20-17(22)11-12-19-27(25,26)16-9-7-15(8-10-16)21(23)24/h4-10,19H,3,11-12H2,1-2H3,(H,20,22). The Morgan fingerprint density at radius 1 is 1.15 bits per heavy atom. The molecule has 0 saturated carbocycles. The second-order valence-electron chi connectivity index (χ2n) is 5.91. The third kappa shape index (κ3) is 5.35. The summed E-state index contributed by atoms with van der Waals surface area (Å²) in [7, 11) is -3.84. The molecule has 0 spiro atoms. The molecule has 0 atom stereocenters. The highest BCUT2D eigenvalue weighted by Gasteiger charge is 2.16. The molecule has 0 saturated heterocycles. The van der Waals surface area contributed by atoms with Gasteiger partial charge >= 0.3 is 0 Å². The topological polar surface area (TPSA) is 118 Å². The fourth-order valence-electron chi connectivity index (χ4n) is 2.53. The minimum atomic E-state index is -3.84. The summed E-state index contributed by atoms with van der Waals surface area (Å²) in [5.74, 6) is -0.301. The number of amides is 1. The van der Waals surface area contributed by atoms with Crippen molar-refractivity contribution in [1.82, 2.24) is 4.72 Å². The smallest absolute Gasteiger partial charge is 0.269 e. The van der Waals surface area contributed by atoms with Crippen molar-refractivity contribution in [3.8, 4) is 0 Å². The summed E-state index contributed by atoms with van der Waals surface area (Å²) in [5, 5.41) is 13.5. The molecule has 8 nitrogen and oxygen atoms in total. The van der Waals surface area contributed by atoms with Gasteiger partial charge in [-0.15, -0.1) is 0 Å². The van der Waals surface area contributed by atoms with Crippen LogP contribution in [-0.2, 0) is 21.2 Å². The fraction of sp³-hybridized carbons (Fsp3) is 0.278. The van der Waals surface area contributed by atoms with E-state index in [0.717, 1.165) is 47.5 Å². The van der Waals surface area contributed by atoms with E-state index in [4.69, 9.17) is 0 Å². The Bertz CT molecular complexity index is 940. The maximum Gasteiger partial charge on any atom is 0.269 e. The maximum atomic E-state index is 12.2. The molecule has 1 amide bonds. The summed E-state index contributed by atoms with van der Waals surface area (Å²) in [4.78, 5) is 22.1. The molecule has 27 heavy (non-hydrogen) atoms. The molecule has 2 N–H and O–H groups in total. The molecule has 0 aliphatic rings. The summed E-state index contributed by atoms with van der Waals surface area (Å²) < 4.78 is 26.7. The van der Waals surface area contributed by atoms with Crippen molar-refractivity contribution in [3.05, 3.63) is 63.7 Å². The summed E-state index contributed by atoms with van der Waals surface area (Å²) >= 11 is 0. The Morgan fingerprint density at radius 2 is 1.81 bits per heavy atom. The predicted octanol–water partition coefficient (Wildman–Crippen LogP) is 2.77. The van der Waals surface area contributed by atoms with Crippen molar-refractivity contribution < 1.29 is 18.1 Å². The van der Waals surface area contributed by atoms with Gasteiger partial charge in [0.1, 0.15) is 0 Å². The third-order valence-electron chi connectivity index (χ3n) is 4.01. The van der Waals surface area contributed by atoms with Gasteiger partial charge in [-0.25, -0.2) is 13.1 Å². The fourth-order valence-corrected chi connectivity index (χ4v) is 3.57. The number of carbonyl (C=O) groups excluding carboxylic acids is 1. The first kappa shape index (κ1) is 20.5. The van der Waals surface area contributed by atoms with Crippen LogP contribution >= 0.6 is 0 Å². The van der Waals surface area contributed by atoms with Gasteiger partial charge in [-0.2, -0.15) is 0 Å². The van der Waals surface area contributed by atoms with E-state index in [9.17, 15) is 23.3 Å². The zero-order valence-electron chi connectivity index (χ0n) is 15.1. The van der Waals surface area contributed by atoms with Gasteiger partial charge in [0.05, 0.1) is 9.82 Å². The van der Waals surface area contributed by atoms with Gasteiger partial charge < -0.3 is 5.32 Å². The highest BCUT2D eigenvalue weighted by Crippen LogP contribution is 2.21. The van der Waals surface area contributed by atoms with Crippen LogP contribution in [0.15, 0.2) is 47.4 Å². The van der Waals surface area contributed by atoms with Crippen LogP contribution in [-0.4, -0.2) is 25.8 Å². The molecule has 0 fully saturated rings. The first-order valence-corrected chi connectivity index (χ1v) is 9.85. The number of carbonyl (C=O) groups is 1. The van der Waals surface area contributed by atoms with Gasteiger partial charge in [-0.05, 0) is 36.6 Å². The first-order valence-electron chi connectivity index (χ1n) is 8.37. The Labute approximate surface area is 157 Å². The molecule has 0 bridgehead atoms. The van der Waals surface area contributed by atoms with Crippen LogP contribution in [0.1, 0.15) is 24.5 Å². The highest BCUT2D eigenvalue weighted by molar-refractivity contribution is 7.89. The lowest BCUT2D eigenvalue weighted by Gasteiger charge is -2.13. The molecule has 0 radical (unpaired) electrons. The van der Waals surface area contributed by atoms with Crippen LogP contribution in [0, 0.1) is 17.0 Å². The molecular formula is C18H21N3O5S. The number of benzene rings is 2. The van der Waals surface area contributed by atoms with Crippen LogP contribution in [0.5, 0.6) is 0 Å². The molecule has 0 aliphatic carbocycles. The zero-order chi connectivity index (χ0) is 20.0. The molecule has 2 aromatic rings. The van der Waals surface area contributed by atoms with Crippen LogP contribution in [0.4, 0.5) is 11.4 Å². The molecule has 2 rings (SSSR count). The van der Waals surface area contributed by atoms with Crippen molar-refractivity contribution in [3.63, 3.8) is 0 Å². The number of rotatable bonds is 8. The Kier molecular flexibility index (Phi) is 6.65. The van der Waals surface area contributed by atoms with E-state index < -0.39 is 14.9 Å². The average Bonchev–Trinajstić information content (AvgIpc) is 2.63. The van der Waals surface area contributed by atoms with Gasteiger partial charge in [0.25, 0.3) is 5.69 Å². The van der Waals surface area contributed by atoms with E-state index in [-0.39, 0.29) is 29.5 Å². The van der Waals surface area contributed by atoms with Gasteiger partial charge in [0, 0.05) is 30.8 Å². The lowest BCUT2D eigenvalue weighted by Crippen LogP contribution is -2.28. The number of non-ortho nitro benzene ring substituents is 1. The molecule has 0 unspecified atom stereocenters. The zero-order valence-corrected chi connectivity index (χ0v) is 15.9. The number of aryl methyl sites for hydroxylation is 2. The highest BCUT2D eigenvalue weighted by atomic mass is 32.2. The van der Waals surface area contributed by atoms with Crippen LogP contribution < -0.4 is 10.0 Å². The Balaban J connectivity index is 1.95. The molecular weight excluding hydrogens is 370 g/mol. The van der Waals surface area contributed by atoms with Crippen LogP contribution in [0.25, 0.3) is 0 Å². The molecule has 0 aromatic heterocycles. The minimum absolute atomic E-state index is 0.0380. The number of nitro groups is 1. The number of para-hydroxylation sites is 1. The van der Waals surface area contributed by atoms with Crippen molar-refractivity contribution >= 4 is 27.3 Å². The third-order valence-corrected chi connectivity index (χ3v) is 5.48. The largest absolute Gasteiger partial charge is 0.326 e. The number of hydrogen-bond acceptors (Lipinski definition) is 5. The number of nitrogens with one attached hydrogen (secondary N) is 2. The van der Waals surface area contributed by atoms with Gasteiger partial charge in [-0.3, -0.25) is 14.9 Å². The van der Waals surface area contributed by atoms with Gasteiger partial charge in [-0.1, -0.05) is 25.1 Å². The predicted molar refractivity (Wildman–Crippen MR) is 102 cm³/mol. The number of nitrogens with zero attached hydrogens (tertiary/aromatic N) is 1. The average molecular weight is 391 g/mol. The van der Waals surface area contributed by atoms with Crippen molar-refractivity contribution in [2.75, 3.05) is 11.9 Å². The molecule has 2 aromatic carbocycles. The monoisotopic (exact) mass is 391 g/mol. The lowest BCUT2D eigenvalue weighted by atomic mass is 10.1. The van der Waals surface area contributed by atoms with Gasteiger partial charge in [0.15, 0.2) is 0 Å². The molecule has 144 valence electrons. The maximum absolute atomic E-state index is 12.2. The Hall–Kier alpha value is -2.78. The minimum Gasteiger partial charge on any atom is -0.326 e. The summed E-state index contributed by atoms with van der Waals surface area (Å²) in [6, 6.07) is 10.3. The number of anilines is 1. The summed E-state index contributed by atoms with van der Waals surface area (Å²) in [5.41, 5.74) is 2.51. The summed E-state index contributed by atoms with van der Waals surface area (Å²) in [6.07, 6.45) is 0.730. The van der Waals surface area contributed by atoms with Crippen molar-refractivity contribution in [2.45, 2.75) is 31.6 Å². The van der Waals surface area contributed by atoms with E-state index in [2.05, 4.69) is 10.0 Å². The van der Waals surface area contributed by atoms with Crippen molar-refractivity contribution in [2.24, 2.45) is 0 Å². The number of sulfonamides is 1. The molecule has 0 aliphatic heterocycles. The first-order chi connectivity index (χ1) is 12.7. The molecule has 9 heteroatoms. The summed E-state index contributed by atoms with van der Waals surface area (Å²) in [6.45, 7) is 3.80. The second-order valence-corrected chi connectivity index (χ2v) is 7.68. The van der Waals surface area contributed by atoms with E-state index >= 15 is 0 Å². The SMILES string of the molecule is CCc1cccc(C)c1NC(=O)CCNS(=O)(=O)c1ccc([N+](=O)[O-])cc1. The van der Waals surface area contributed by atoms with Crippen LogP contribution in [0.2, 0.25) is 0 Å². The van der Waals surface area contributed by atoms with E-state index in [1.807, 2.05) is 32.0 Å². The quantitative estimate of drug-likeness (QED) is 0.530. The van der Waals surface area contributed by atoms with Gasteiger partial charge in [0.2, 0.25) is 15.9 Å². The van der Waals surface area contributed by atoms with E-state index in [1.54, 1.807) is 0 Å². The van der Waals surface area contributed by atoms with Crippen LogP contribution in [0.3, 0.4) is 0 Å². The Morgan fingerprint density at radius 3 is 2.41 bits per heavy atom. The number of hydrogen-bond donors (Lipinski definition) is 2. The lowest BCUT2D eigenvalue weighted by molar-refractivity contribution is -0.384. The van der Waals surface area contributed by atoms with E-state index in [0.29, 0.717) is 0 Å². The number of nitro benzene ring substituents is 1. The normalized spacial score (nSPS) is 11.2. The second kappa shape index (κ2) is 8.74. The molecule has 0 heterocycles.